The minimum atomic E-state index is -1.25. The molecule has 0 aliphatic rings. The van der Waals surface area contributed by atoms with Crippen molar-refractivity contribution >= 4 is 40.1 Å². The number of rotatable bonds is 9. The summed E-state index contributed by atoms with van der Waals surface area (Å²) in [6.45, 7) is 3.83. The van der Waals surface area contributed by atoms with Crippen molar-refractivity contribution in [3.05, 3.63) is 29.8 Å². The monoisotopic (exact) mass is 395 g/mol. The van der Waals surface area contributed by atoms with Crippen LogP contribution in [0.1, 0.15) is 31.9 Å². The Morgan fingerprint density at radius 3 is 2.54 bits per heavy atom. The number of carboxylic acids is 1. The summed E-state index contributed by atoms with van der Waals surface area (Å²) >= 11 is 2.37. The second kappa shape index (κ2) is 9.39. The maximum atomic E-state index is 12.2. The highest BCUT2D eigenvalue weighted by Gasteiger charge is 2.16. The molecule has 0 fully saturated rings. The zero-order chi connectivity index (χ0) is 19.1. The number of nitrogens with one attached hydrogen (secondary N) is 1. The van der Waals surface area contributed by atoms with Gasteiger partial charge in [-0.25, -0.2) is 0 Å². The molecule has 2 aromatic rings. The van der Waals surface area contributed by atoms with Gasteiger partial charge in [0.25, 0.3) is 0 Å². The first-order valence-corrected chi connectivity index (χ1v) is 9.61. The lowest BCUT2D eigenvalue weighted by Crippen LogP contribution is -2.35. The summed E-state index contributed by atoms with van der Waals surface area (Å²) < 4.78 is 6.13. The Morgan fingerprint density at radius 2 is 2.00 bits per heavy atom. The fraction of sp³-hybridized carbons (Fsp3) is 0.375. The number of nitrogens with two attached hydrogens (primary N) is 1. The van der Waals surface area contributed by atoms with E-state index in [0.717, 1.165) is 0 Å². The van der Waals surface area contributed by atoms with Crippen molar-refractivity contribution in [2.45, 2.75) is 36.8 Å². The zero-order valence-corrected chi connectivity index (χ0v) is 15.9. The molecule has 0 radical (unpaired) electrons. The third-order valence-electron chi connectivity index (χ3n) is 3.11. The second-order valence-corrected chi connectivity index (χ2v) is 7.86. The number of carboxylic acid groups (broad SMARTS) is 1. The number of amides is 1. The van der Waals surface area contributed by atoms with Gasteiger partial charge in [-0.05, 0) is 31.5 Å². The lowest BCUT2D eigenvalue weighted by atomic mass is 10.0. The molecule has 1 atom stereocenters. The normalized spacial score (nSPS) is 12.0. The lowest BCUT2D eigenvalue weighted by molar-refractivity contribution is -0.306. The number of anilines is 1. The molecule has 1 aromatic heterocycles. The van der Waals surface area contributed by atoms with Gasteiger partial charge in [-0.1, -0.05) is 35.2 Å². The number of nitrogen functional groups attached to an aromatic ring is 1. The molecule has 10 heteroatoms. The number of carbonyl (C=O) groups is 2. The second-order valence-electron chi connectivity index (χ2n) is 5.63. The molecule has 0 saturated carbocycles. The molecule has 0 aliphatic carbocycles. The van der Waals surface area contributed by atoms with E-state index in [4.69, 9.17) is 10.5 Å². The molecule has 1 heterocycles. The van der Waals surface area contributed by atoms with Crippen molar-refractivity contribution in [3.63, 3.8) is 0 Å². The van der Waals surface area contributed by atoms with Gasteiger partial charge in [-0.3, -0.25) is 4.79 Å². The summed E-state index contributed by atoms with van der Waals surface area (Å²) in [5.41, 5.74) is 6.14. The number of thioether (sulfide) groups is 1. The van der Waals surface area contributed by atoms with Gasteiger partial charge in [-0.2, -0.15) is 0 Å². The van der Waals surface area contributed by atoms with Crippen LogP contribution in [-0.4, -0.2) is 33.9 Å². The molecule has 26 heavy (non-hydrogen) atoms. The van der Waals surface area contributed by atoms with E-state index in [-0.39, 0.29) is 24.2 Å². The predicted molar refractivity (Wildman–Crippen MR) is 97.8 cm³/mol. The van der Waals surface area contributed by atoms with Crippen molar-refractivity contribution in [2.75, 3.05) is 11.5 Å². The first-order valence-electron chi connectivity index (χ1n) is 7.81. The number of aromatic nitrogens is 2. The van der Waals surface area contributed by atoms with Gasteiger partial charge in [0, 0.05) is 12.4 Å². The Morgan fingerprint density at radius 1 is 1.31 bits per heavy atom. The van der Waals surface area contributed by atoms with Gasteiger partial charge in [-0.15, -0.1) is 10.2 Å². The molecule has 1 amide bonds. The maximum absolute atomic E-state index is 12.2. The van der Waals surface area contributed by atoms with Gasteiger partial charge >= 0.3 is 0 Å². The Balaban J connectivity index is 1.99. The number of aliphatic carboxylic acids is 1. The van der Waals surface area contributed by atoms with Crippen molar-refractivity contribution in [1.82, 2.24) is 15.5 Å². The summed E-state index contributed by atoms with van der Waals surface area (Å²) in [5.74, 6) is -0.821. The first-order chi connectivity index (χ1) is 12.3. The highest BCUT2D eigenvalue weighted by molar-refractivity contribution is 8.01. The van der Waals surface area contributed by atoms with Crippen LogP contribution in [0.4, 0.5) is 5.13 Å². The smallest absolute Gasteiger partial charge is 0.230 e. The largest absolute Gasteiger partial charge is 0.550 e. The highest BCUT2D eigenvalue weighted by atomic mass is 32.2. The Kier molecular flexibility index (Phi) is 7.22. The average molecular weight is 395 g/mol. The number of ether oxygens (including phenoxy) is 1. The lowest BCUT2D eigenvalue weighted by Gasteiger charge is -2.20. The highest BCUT2D eigenvalue weighted by Crippen LogP contribution is 2.24. The molecule has 2 rings (SSSR count). The molecule has 140 valence electrons. The van der Waals surface area contributed by atoms with E-state index >= 15 is 0 Å². The molecule has 0 unspecified atom stereocenters. The van der Waals surface area contributed by atoms with Crippen LogP contribution in [-0.2, 0) is 9.59 Å². The molecular formula is C16H19N4O4S2-. The van der Waals surface area contributed by atoms with Crippen molar-refractivity contribution in [1.29, 1.82) is 0 Å². The van der Waals surface area contributed by atoms with E-state index in [1.165, 1.54) is 23.1 Å². The standard InChI is InChI=1S/C16H20N4O4S2/c1-9(2)24-11-5-3-10(4-6-11)12(7-14(22)23)18-13(21)8-25-16-20-19-15(17)26-16/h3-6,9,12H,7-8H2,1-2H3,(H2,17,19)(H,18,21)(H,22,23)/p-1/t12-/m1/s1. The van der Waals surface area contributed by atoms with E-state index in [0.29, 0.717) is 20.8 Å². The van der Waals surface area contributed by atoms with E-state index in [1.54, 1.807) is 24.3 Å². The average Bonchev–Trinajstić information content (AvgIpc) is 2.97. The summed E-state index contributed by atoms with van der Waals surface area (Å²) in [4.78, 5) is 23.2. The molecular weight excluding hydrogens is 376 g/mol. The van der Waals surface area contributed by atoms with Crippen LogP contribution in [0.15, 0.2) is 28.6 Å². The SMILES string of the molecule is CC(C)Oc1ccc([C@@H](CC(=O)[O-])NC(=O)CSc2nnc(N)s2)cc1. The summed E-state index contributed by atoms with van der Waals surface area (Å²) in [5, 5.41) is 21.5. The Labute approximate surface area is 159 Å². The Hall–Kier alpha value is -2.33. The molecule has 0 saturated heterocycles. The number of hydrogen-bond donors (Lipinski definition) is 2. The number of hydrogen-bond acceptors (Lipinski definition) is 9. The van der Waals surface area contributed by atoms with Crippen LogP contribution in [0, 0.1) is 0 Å². The van der Waals surface area contributed by atoms with E-state index in [9.17, 15) is 14.7 Å². The predicted octanol–water partition coefficient (Wildman–Crippen LogP) is 0.997. The van der Waals surface area contributed by atoms with Crippen LogP contribution < -0.4 is 20.9 Å². The fourth-order valence-corrected chi connectivity index (χ4v) is 3.56. The van der Waals surface area contributed by atoms with Crippen LogP contribution >= 0.6 is 23.1 Å². The zero-order valence-electron chi connectivity index (χ0n) is 14.3. The fourth-order valence-electron chi connectivity index (χ4n) is 2.11. The first kappa shape index (κ1) is 20.0. The van der Waals surface area contributed by atoms with Gasteiger partial charge < -0.3 is 25.7 Å². The summed E-state index contributed by atoms with van der Waals surface area (Å²) in [6, 6.07) is 6.24. The third-order valence-corrected chi connectivity index (χ3v) is 4.99. The topological polar surface area (TPSA) is 130 Å². The van der Waals surface area contributed by atoms with Gasteiger partial charge in [0.2, 0.25) is 11.0 Å². The minimum Gasteiger partial charge on any atom is -0.550 e. The summed E-state index contributed by atoms with van der Waals surface area (Å²) in [6.07, 6.45) is -0.294. The molecule has 3 N–H and O–H groups in total. The molecule has 0 bridgehead atoms. The van der Waals surface area contributed by atoms with E-state index in [2.05, 4.69) is 15.5 Å². The quantitative estimate of drug-likeness (QED) is 0.601. The Bertz CT molecular complexity index is 749. The molecule has 0 spiro atoms. The number of benzene rings is 1. The number of nitrogens with zero attached hydrogens (tertiary/aromatic N) is 2. The van der Waals surface area contributed by atoms with Gasteiger partial charge in [0.1, 0.15) is 5.75 Å². The van der Waals surface area contributed by atoms with E-state index < -0.39 is 12.0 Å². The van der Waals surface area contributed by atoms with E-state index in [1.807, 2.05) is 13.8 Å². The van der Waals surface area contributed by atoms with Crippen LogP contribution in [0.3, 0.4) is 0 Å². The van der Waals surface area contributed by atoms with Crippen LogP contribution in [0.2, 0.25) is 0 Å². The molecule has 8 nitrogen and oxygen atoms in total. The molecule has 1 aromatic carbocycles. The van der Waals surface area contributed by atoms with Crippen LogP contribution in [0.5, 0.6) is 5.75 Å². The van der Waals surface area contributed by atoms with Crippen LogP contribution in [0.25, 0.3) is 0 Å². The molecule has 0 aliphatic heterocycles. The third kappa shape index (κ3) is 6.52. The van der Waals surface area contributed by atoms with Crippen molar-refractivity contribution < 1.29 is 19.4 Å². The summed E-state index contributed by atoms with van der Waals surface area (Å²) in [7, 11) is 0. The maximum Gasteiger partial charge on any atom is 0.230 e. The van der Waals surface area contributed by atoms with Crippen molar-refractivity contribution in [3.8, 4) is 5.75 Å². The van der Waals surface area contributed by atoms with Gasteiger partial charge in [0.05, 0.1) is 17.9 Å². The minimum absolute atomic E-state index is 0.0333. The number of carbonyl (C=O) groups excluding carboxylic acids is 2. The van der Waals surface area contributed by atoms with Gasteiger partial charge in [0.15, 0.2) is 4.34 Å². The van der Waals surface area contributed by atoms with Crippen molar-refractivity contribution in [2.24, 2.45) is 0 Å².